The van der Waals surface area contributed by atoms with Crippen LogP contribution in [0.4, 0.5) is 5.00 Å². The van der Waals surface area contributed by atoms with Crippen LogP contribution in [0.2, 0.25) is 0 Å². The Hall–Kier alpha value is -2.15. The summed E-state index contributed by atoms with van der Waals surface area (Å²) in [5.41, 5.74) is 1.22. The Balaban J connectivity index is 2.30. The fourth-order valence-electron chi connectivity index (χ4n) is 2.99. The molecule has 2 N–H and O–H groups in total. The van der Waals surface area contributed by atoms with E-state index in [4.69, 9.17) is 4.74 Å². The molecule has 0 aliphatic heterocycles. The lowest BCUT2D eigenvalue weighted by Gasteiger charge is -2.24. The van der Waals surface area contributed by atoms with Crippen molar-refractivity contribution in [1.29, 1.82) is 0 Å². The minimum absolute atomic E-state index is 0.334. The summed E-state index contributed by atoms with van der Waals surface area (Å²) in [5, 5.41) is 12.5. The van der Waals surface area contributed by atoms with Crippen LogP contribution in [0.1, 0.15) is 40.6 Å². The highest BCUT2D eigenvalue weighted by molar-refractivity contribution is 7.16. The third-order valence-corrected chi connectivity index (χ3v) is 5.34. The Bertz CT molecular complexity index is 691. The first kappa shape index (κ1) is 18.2. The van der Waals surface area contributed by atoms with Gasteiger partial charge in [-0.2, -0.15) is 0 Å². The number of methoxy groups -OCH3 is 1. The van der Waals surface area contributed by atoms with E-state index in [9.17, 15) is 19.5 Å². The average Bonchev–Trinajstić information content (AvgIpc) is 2.88. The Morgan fingerprint density at radius 2 is 1.92 bits per heavy atom. The fraction of sp³-hybridized carbons (Fsp3) is 0.471. The molecule has 1 aliphatic carbocycles. The van der Waals surface area contributed by atoms with Crippen molar-refractivity contribution in [3.05, 3.63) is 28.2 Å². The number of hydrogen-bond donors (Lipinski definition) is 2. The van der Waals surface area contributed by atoms with Crippen LogP contribution in [0.15, 0.2) is 12.2 Å². The van der Waals surface area contributed by atoms with Crippen LogP contribution >= 0.6 is 11.3 Å². The highest BCUT2D eigenvalue weighted by atomic mass is 32.1. The van der Waals surface area contributed by atoms with Crippen molar-refractivity contribution < 1.29 is 24.2 Å². The van der Waals surface area contributed by atoms with E-state index in [0.29, 0.717) is 29.8 Å². The second kappa shape index (κ2) is 7.61. The van der Waals surface area contributed by atoms with Crippen LogP contribution in [0.5, 0.6) is 0 Å². The van der Waals surface area contributed by atoms with Crippen molar-refractivity contribution >= 4 is 34.2 Å². The molecule has 0 unspecified atom stereocenters. The van der Waals surface area contributed by atoms with Crippen molar-refractivity contribution in [3.8, 4) is 0 Å². The van der Waals surface area contributed by atoms with E-state index in [-0.39, 0.29) is 5.91 Å². The molecule has 0 saturated carbocycles. The fourth-order valence-corrected chi connectivity index (χ4v) is 4.13. The summed E-state index contributed by atoms with van der Waals surface area (Å²) in [7, 11) is 1.30. The number of carboxylic acids is 1. The van der Waals surface area contributed by atoms with Gasteiger partial charge in [-0.1, -0.05) is 19.1 Å². The Kier molecular flexibility index (Phi) is 5.77. The van der Waals surface area contributed by atoms with Gasteiger partial charge in [-0.3, -0.25) is 9.59 Å². The molecule has 0 fully saturated rings. The summed E-state index contributed by atoms with van der Waals surface area (Å²) in [6.45, 7) is 3.81. The number of nitrogens with one attached hydrogen (secondary N) is 1. The van der Waals surface area contributed by atoms with Crippen LogP contribution in [0, 0.1) is 18.8 Å². The Morgan fingerprint density at radius 1 is 1.29 bits per heavy atom. The van der Waals surface area contributed by atoms with Crippen molar-refractivity contribution in [2.45, 2.75) is 33.1 Å². The molecule has 6 nitrogen and oxygen atoms in total. The van der Waals surface area contributed by atoms with Gasteiger partial charge >= 0.3 is 11.9 Å². The minimum atomic E-state index is -0.982. The summed E-state index contributed by atoms with van der Waals surface area (Å²) >= 11 is 1.31. The molecular weight excluding hydrogens is 330 g/mol. The molecular formula is C17H21NO5S. The number of aryl methyl sites for hydroxylation is 1. The van der Waals surface area contributed by atoms with Crippen LogP contribution in [0.25, 0.3) is 0 Å². The van der Waals surface area contributed by atoms with Gasteiger partial charge in [-0.05, 0) is 31.7 Å². The summed E-state index contributed by atoms with van der Waals surface area (Å²) in [4.78, 5) is 37.0. The Labute approximate surface area is 144 Å². The van der Waals surface area contributed by atoms with E-state index >= 15 is 0 Å². The predicted molar refractivity (Wildman–Crippen MR) is 91.4 cm³/mol. The molecule has 2 atom stereocenters. The lowest BCUT2D eigenvalue weighted by molar-refractivity contribution is -0.146. The first-order chi connectivity index (χ1) is 11.4. The molecule has 0 aromatic carbocycles. The zero-order valence-corrected chi connectivity index (χ0v) is 14.7. The van der Waals surface area contributed by atoms with Crippen LogP contribution < -0.4 is 5.32 Å². The molecule has 1 aromatic rings. The number of thiophene rings is 1. The lowest BCUT2D eigenvalue weighted by atomic mass is 9.82. The lowest BCUT2D eigenvalue weighted by Crippen LogP contribution is -2.34. The zero-order chi connectivity index (χ0) is 17.9. The van der Waals surface area contributed by atoms with E-state index in [1.165, 1.54) is 18.4 Å². The third-order valence-electron chi connectivity index (χ3n) is 4.28. The number of carbonyl (C=O) groups excluding carboxylic acids is 2. The second-order valence-corrected chi connectivity index (χ2v) is 6.89. The van der Waals surface area contributed by atoms with Gasteiger partial charge < -0.3 is 15.2 Å². The number of carboxylic acid groups (broad SMARTS) is 1. The van der Waals surface area contributed by atoms with Crippen LogP contribution in [-0.2, 0) is 20.7 Å². The number of hydrogen-bond acceptors (Lipinski definition) is 5. The molecule has 1 aliphatic rings. The van der Waals surface area contributed by atoms with Crippen molar-refractivity contribution in [3.63, 3.8) is 0 Å². The molecule has 1 amide bonds. The number of aliphatic carboxylic acids is 1. The number of esters is 1. The molecule has 2 rings (SSSR count). The smallest absolute Gasteiger partial charge is 0.341 e. The first-order valence-electron chi connectivity index (χ1n) is 7.79. The van der Waals surface area contributed by atoms with Gasteiger partial charge in [0.2, 0.25) is 5.91 Å². The number of anilines is 1. The molecule has 7 heteroatoms. The van der Waals surface area contributed by atoms with Gasteiger partial charge in [0.05, 0.1) is 24.5 Å². The van der Waals surface area contributed by atoms with Gasteiger partial charge in [0, 0.05) is 4.88 Å². The quantitative estimate of drug-likeness (QED) is 0.628. The summed E-state index contributed by atoms with van der Waals surface area (Å²) in [5.74, 6) is -3.25. The summed E-state index contributed by atoms with van der Waals surface area (Å²) in [6.07, 6.45) is 4.96. The normalized spacial score (nSPS) is 19.8. The molecule has 1 heterocycles. The van der Waals surface area contributed by atoms with Gasteiger partial charge in [-0.25, -0.2) is 4.79 Å². The highest BCUT2D eigenvalue weighted by Crippen LogP contribution is 2.35. The number of allylic oxidation sites excluding steroid dienone is 2. The largest absolute Gasteiger partial charge is 0.481 e. The zero-order valence-electron chi connectivity index (χ0n) is 13.9. The van der Waals surface area contributed by atoms with Crippen LogP contribution in [0.3, 0.4) is 0 Å². The predicted octanol–water partition coefficient (Wildman–Crippen LogP) is 3.01. The molecule has 0 spiro atoms. The molecule has 0 bridgehead atoms. The number of carbonyl (C=O) groups is 3. The highest BCUT2D eigenvalue weighted by Gasteiger charge is 2.35. The SMILES string of the molecule is CCc1c(C)sc(NC(=O)[C@H]2CC=CC[C@@H]2C(=O)O)c1C(=O)OC. The maximum Gasteiger partial charge on any atom is 0.341 e. The van der Waals surface area contributed by atoms with Gasteiger partial charge in [0.25, 0.3) is 0 Å². The van der Waals surface area contributed by atoms with Gasteiger partial charge in [-0.15, -0.1) is 11.3 Å². The average molecular weight is 351 g/mol. The third kappa shape index (κ3) is 3.51. The molecule has 1 aromatic heterocycles. The molecule has 24 heavy (non-hydrogen) atoms. The Morgan fingerprint density at radius 3 is 2.46 bits per heavy atom. The monoisotopic (exact) mass is 351 g/mol. The number of ether oxygens (including phenoxy) is 1. The van der Waals surface area contributed by atoms with Crippen molar-refractivity contribution in [1.82, 2.24) is 0 Å². The number of rotatable bonds is 5. The minimum Gasteiger partial charge on any atom is -0.481 e. The maximum absolute atomic E-state index is 12.6. The van der Waals surface area contributed by atoms with E-state index < -0.39 is 23.8 Å². The first-order valence-corrected chi connectivity index (χ1v) is 8.61. The van der Waals surface area contributed by atoms with E-state index in [2.05, 4.69) is 5.32 Å². The number of amides is 1. The summed E-state index contributed by atoms with van der Waals surface area (Å²) in [6, 6.07) is 0. The second-order valence-electron chi connectivity index (χ2n) is 5.67. The molecule has 0 saturated heterocycles. The van der Waals surface area contributed by atoms with E-state index in [1.807, 2.05) is 19.9 Å². The van der Waals surface area contributed by atoms with Gasteiger partial charge in [0.15, 0.2) is 0 Å². The maximum atomic E-state index is 12.6. The van der Waals surface area contributed by atoms with Crippen molar-refractivity contribution in [2.75, 3.05) is 12.4 Å². The molecule has 0 radical (unpaired) electrons. The summed E-state index contributed by atoms with van der Waals surface area (Å²) < 4.78 is 4.83. The van der Waals surface area contributed by atoms with E-state index in [1.54, 1.807) is 6.08 Å². The standard InChI is InChI=1S/C17H21NO5S/c1-4-10-9(2)24-15(13(10)17(22)23-3)18-14(19)11-7-5-6-8-12(11)16(20)21/h5-6,11-12H,4,7-8H2,1-3H3,(H,18,19)(H,20,21)/t11-,12-/m0/s1. The van der Waals surface area contributed by atoms with Crippen molar-refractivity contribution in [2.24, 2.45) is 11.8 Å². The van der Waals surface area contributed by atoms with Crippen LogP contribution in [-0.4, -0.2) is 30.1 Å². The molecule has 130 valence electrons. The topological polar surface area (TPSA) is 92.7 Å². The van der Waals surface area contributed by atoms with E-state index in [0.717, 1.165) is 10.4 Å². The van der Waals surface area contributed by atoms with Gasteiger partial charge in [0.1, 0.15) is 5.00 Å².